The van der Waals surface area contributed by atoms with Gasteiger partial charge in [-0.1, -0.05) is 31.0 Å². The number of hydrogen-bond donors (Lipinski definition) is 1. The summed E-state index contributed by atoms with van der Waals surface area (Å²) in [4.78, 5) is 0. The Morgan fingerprint density at radius 3 is 2.78 bits per heavy atom. The lowest BCUT2D eigenvalue weighted by molar-refractivity contribution is 0.277. The second kappa shape index (κ2) is 5.75. The van der Waals surface area contributed by atoms with E-state index in [0.717, 1.165) is 18.1 Å². The second-order valence-electron chi connectivity index (χ2n) is 5.60. The van der Waals surface area contributed by atoms with Gasteiger partial charge in [0, 0.05) is 12.0 Å². The van der Waals surface area contributed by atoms with E-state index < -0.39 is 0 Å². The Bertz CT molecular complexity index is 402. The molecule has 2 nitrogen and oxygen atoms in total. The molecule has 2 N–H and O–H groups in total. The van der Waals surface area contributed by atoms with Gasteiger partial charge >= 0.3 is 0 Å². The Labute approximate surface area is 111 Å². The number of ether oxygens (including phenoxy) is 1. The number of benzene rings is 1. The molecule has 0 bridgehead atoms. The smallest absolute Gasteiger partial charge is 0.122 e. The third kappa shape index (κ3) is 2.69. The van der Waals surface area contributed by atoms with Crippen LogP contribution in [-0.4, -0.2) is 13.2 Å². The molecular weight excluding hydrogens is 222 g/mol. The van der Waals surface area contributed by atoms with Crippen molar-refractivity contribution in [3.05, 3.63) is 29.3 Å². The molecule has 1 aromatic rings. The van der Waals surface area contributed by atoms with Crippen LogP contribution in [0.3, 0.4) is 0 Å². The van der Waals surface area contributed by atoms with Crippen molar-refractivity contribution >= 4 is 0 Å². The molecule has 0 aliphatic heterocycles. The minimum absolute atomic E-state index is 0.281. The quantitative estimate of drug-likeness (QED) is 0.885. The van der Waals surface area contributed by atoms with E-state index >= 15 is 0 Å². The lowest BCUT2D eigenvalue weighted by Crippen LogP contribution is -2.34. The Morgan fingerprint density at radius 2 is 2.11 bits per heavy atom. The van der Waals surface area contributed by atoms with Crippen LogP contribution < -0.4 is 10.5 Å². The van der Waals surface area contributed by atoms with Crippen LogP contribution in [0.4, 0.5) is 0 Å². The zero-order chi connectivity index (χ0) is 13.1. The van der Waals surface area contributed by atoms with E-state index in [2.05, 4.69) is 32.0 Å². The Morgan fingerprint density at radius 1 is 1.33 bits per heavy atom. The maximum Gasteiger partial charge on any atom is 0.122 e. The zero-order valence-electron chi connectivity index (χ0n) is 11.8. The zero-order valence-corrected chi connectivity index (χ0v) is 11.8. The van der Waals surface area contributed by atoms with Crippen LogP contribution >= 0.6 is 0 Å². The molecule has 0 radical (unpaired) electrons. The van der Waals surface area contributed by atoms with Crippen LogP contribution in [0.2, 0.25) is 0 Å². The van der Waals surface area contributed by atoms with Gasteiger partial charge < -0.3 is 10.5 Å². The van der Waals surface area contributed by atoms with Crippen LogP contribution in [0.5, 0.6) is 5.75 Å². The molecule has 3 unspecified atom stereocenters. The van der Waals surface area contributed by atoms with E-state index in [1.165, 1.54) is 30.4 Å². The monoisotopic (exact) mass is 247 g/mol. The highest BCUT2D eigenvalue weighted by Crippen LogP contribution is 2.40. The topological polar surface area (TPSA) is 35.2 Å². The first-order valence-electron chi connectivity index (χ1n) is 7.05. The van der Waals surface area contributed by atoms with Crippen molar-refractivity contribution in [1.82, 2.24) is 0 Å². The number of methoxy groups -OCH3 is 1. The van der Waals surface area contributed by atoms with Crippen LogP contribution in [0, 0.1) is 12.8 Å². The van der Waals surface area contributed by atoms with Crippen molar-refractivity contribution in [3.8, 4) is 5.75 Å². The van der Waals surface area contributed by atoms with Crippen molar-refractivity contribution < 1.29 is 4.74 Å². The summed E-state index contributed by atoms with van der Waals surface area (Å²) in [6.45, 7) is 4.42. The van der Waals surface area contributed by atoms with Gasteiger partial charge in [-0.15, -0.1) is 0 Å². The summed E-state index contributed by atoms with van der Waals surface area (Å²) in [6, 6.07) is 6.71. The molecule has 1 saturated carbocycles. The molecule has 1 aromatic carbocycles. The van der Waals surface area contributed by atoms with E-state index in [1.807, 2.05) is 0 Å². The molecule has 1 aliphatic rings. The highest BCUT2D eigenvalue weighted by Gasteiger charge is 2.30. The van der Waals surface area contributed by atoms with Gasteiger partial charge in [-0.2, -0.15) is 0 Å². The van der Waals surface area contributed by atoms with Crippen molar-refractivity contribution in [2.24, 2.45) is 11.7 Å². The summed E-state index contributed by atoms with van der Waals surface area (Å²) >= 11 is 0. The van der Waals surface area contributed by atoms with Gasteiger partial charge in [0.25, 0.3) is 0 Å². The fraction of sp³-hybridized carbons (Fsp3) is 0.625. The first kappa shape index (κ1) is 13.4. The lowest BCUT2D eigenvalue weighted by Gasteiger charge is -2.34. The molecule has 2 heteroatoms. The van der Waals surface area contributed by atoms with E-state index in [9.17, 15) is 0 Å². The maximum absolute atomic E-state index is 6.35. The predicted octanol–water partition coefficient (Wildman–Crippen LogP) is 3.62. The molecular formula is C16H25NO. The molecule has 0 amide bonds. The standard InChI is InChI=1S/C16H25NO/c1-4-12-6-7-15(17)13(10-12)14-9-11(2)5-8-16(14)18-3/h5,8-9,12-13,15H,4,6-7,10,17H2,1-3H3. The number of nitrogens with two attached hydrogens (primary N) is 1. The third-order valence-corrected chi connectivity index (χ3v) is 4.37. The molecule has 1 aliphatic carbocycles. The highest BCUT2D eigenvalue weighted by molar-refractivity contribution is 5.40. The summed E-state index contributed by atoms with van der Waals surface area (Å²) in [5.41, 5.74) is 8.94. The van der Waals surface area contributed by atoms with Gasteiger partial charge in [0.05, 0.1) is 7.11 Å². The van der Waals surface area contributed by atoms with Crippen molar-refractivity contribution in [2.45, 2.75) is 51.5 Å². The Hall–Kier alpha value is -1.02. The van der Waals surface area contributed by atoms with Gasteiger partial charge in [-0.3, -0.25) is 0 Å². The number of hydrogen-bond acceptors (Lipinski definition) is 2. The fourth-order valence-electron chi connectivity index (χ4n) is 3.15. The first-order chi connectivity index (χ1) is 8.65. The van der Waals surface area contributed by atoms with Crippen molar-refractivity contribution in [2.75, 3.05) is 7.11 Å². The lowest BCUT2D eigenvalue weighted by atomic mass is 9.74. The highest BCUT2D eigenvalue weighted by atomic mass is 16.5. The second-order valence-corrected chi connectivity index (χ2v) is 5.60. The maximum atomic E-state index is 6.35. The Balaban J connectivity index is 2.30. The largest absolute Gasteiger partial charge is 0.496 e. The van der Waals surface area contributed by atoms with E-state index in [4.69, 9.17) is 10.5 Å². The normalized spacial score (nSPS) is 28.1. The van der Waals surface area contributed by atoms with Crippen LogP contribution in [0.25, 0.3) is 0 Å². The third-order valence-electron chi connectivity index (χ3n) is 4.37. The summed E-state index contributed by atoms with van der Waals surface area (Å²) in [5, 5.41) is 0. The molecule has 3 atom stereocenters. The fourth-order valence-corrected chi connectivity index (χ4v) is 3.15. The van der Waals surface area contributed by atoms with Crippen LogP contribution in [0.15, 0.2) is 18.2 Å². The molecule has 0 spiro atoms. The molecule has 0 saturated heterocycles. The summed E-state index contributed by atoms with van der Waals surface area (Å²) < 4.78 is 5.52. The predicted molar refractivity (Wildman–Crippen MR) is 76.1 cm³/mol. The number of aryl methyl sites for hydroxylation is 1. The molecule has 2 rings (SSSR count). The molecule has 100 valence electrons. The summed E-state index contributed by atoms with van der Waals surface area (Å²) in [6.07, 6.45) is 4.89. The van der Waals surface area contributed by atoms with E-state index in [-0.39, 0.29) is 6.04 Å². The van der Waals surface area contributed by atoms with Crippen LogP contribution in [0.1, 0.15) is 49.7 Å². The molecule has 1 fully saturated rings. The van der Waals surface area contributed by atoms with E-state index in [1.54, 1.807) is 7.11 Å². The average Bonchev–Trinajstić information content (AvgIpc) is 2.39. The minimum atomic E-state index is 0.281. The van der Waals surface area contributed by atoms with Crippen molar-refractivity contribution in [1.29, 1.82) is 0 Å². The SMILES string of the molecule is CCC1CCC(N)C(c2cc(C)ccc2OC)C1. The summed E-state index contributed by atoms with van der Waals surface area (Å²) in [7, 11) is 1.75. The van der Waals surface area contributed by atoms with Crippen molar-refractivity contribution in [3.63, 3.8) is 0 Å². The van der Waals surface area contributed by atoms with Gasteiger partial charge in [-0.25, -0.2) is 0 Å². The molecule has 0 aromatic heterocycles. The van der Waals surface area contributed by atoms with Gasteiger partial charge in [0.15, 0.2) is 0 Å². The average molecular weight is 247 g/mol. The van der Waals surface area contributed by atoms with Gasteiger partial charge in [0.1, 0.15) is 5.75 Å². The van der Waals surface area contributed by atoms with Gasteiger partial charge in [-0.05, 0) is 43.7 Å². The number of rotatable bonds is 3. The van der Waals surface area contributed by atoms with E-state index in [0.29, 0.717) is 5.92 Å². The Kier molecular flexibility index (Phi) is 4.28. The summed E-state index contributed by atoms with van der Waals surface area (Å²) in [5.74, 6) is 2.27. The molecule has 0 heterocycles. The van der Waals surface area contributed by atoms with Gasteiger partial charge in [0.2, 0.25) is 0 Å². The molecule has 18 heavy (non-hydrogen) atoms. The minimum Gasteiger partial charge on any atom is -0.496 e. The first-order valence-corrected chi connectivity index (χ1v) is 7.05. The van der Waals surface area contributed by atoms with Crippen LogP contribution in [-0.2, 0) is 0 Å².